The van der Waals surface area contributed by atoms with Crippen LogP contribution in [0.3, 0.4) is 0 Å². The summed E-state index contributed by atoms with van der Waals surface area (Å²) in [7, 11) is 1.63. The van der Waals surface area contributed by atoms with Gasteiger partial charge >= 0.3 is 0 Å². The van der Waals surface area contributed by atoms with E-state index in [0.717, 1.165) is 0 Å². The molecule has 0 saturated heterocycles. The fourth-order valence-corrected chi connectivity index (χ4v) is 1.27. The van der Waals surface area contributed by atoms with Gasteiger partial charge in [0.2, 0.25) is 0 Å². The summed E-state index contributed by atoms with van der Waals surface area (Å²) < 4.78 is 5.31. The second kappa shape index (κ2) is 6.47. The third-order valence-electron chi connectivity index (χ3n) is 2.49. The number of rotatable bonds is 5. The van der Waals surface area contributed by atoms with Crippen molar-refractivity contribution in [2.75, 3.05) is 20.3 Å². The van der Waals surface area contributed by atoms with Crippen molar-refractivity contribution >= 4 is 17.5 Å². The van der Waals surface area contributed by atoms with Gasteiger partial charge in [-0.1, -0.05) is 11.6 Å². The van der Waals surface area contributed by atoms with Crippen molar-refractivity contribution in [2.45, 2.75) is 13.0 Å². The molecule has 0 fully saturated rings. The van der Waals surface area contributed by atoms with E-state index in [9.17, 15) is 4.79 Å². The fourth-order valence-electron chi connectivity index (χ4n) is 1.15. The van der Waals surface area contributed by atoms with Crippen LogP contribution < -0.4 is 4.74 Å². The molecule has 0 aliphatic carbocycles. The number of likely N-dealkylation sites (N-methyl/N-ethyl adjacent to an activating group) is 1. The number of nitrogens with zero attached hydrogens (tertiary/aromatic N) is 1. The predicted octanol–water partition coefficient (Wildman–Crippen LogP) is 1.56. The number of carbonyl (C=O) groups excluding carboxylic acids is 1. The van der Waals surface area contributed by atoms with Gasteiger partial charge in [0.15, 0.2) is 6.61 Å². The van der Waals surface area contributed by atoms with E-state index in [1.165, 1.54) is 4.90 Å². The molecule has 17 heavy (non-hydrogen) atoms. The van der Waals surface area contributed by atoms with Gasteiger partial charge in [-0.25, -0.2) is 0 Å². The maximum absolute atomic E-state index is 11.6. The number of aliphatic hydroxyl groups excluding tert-OH is 1. The maximum Gasteiger partial charge on any atom is 0.260 e. The first-order valence-corrected chi connectivity index (χ1v) is 5.67. The average molecular weight is 258 g/mol. The standard InChI is InChI=1S/C12H16ClNO3/c1-9(7-15)14(2)12(16)8-17-11-5-3-10(13)4-6-11/h3-6,9,15H,7-8H2,1-2H3. The van der Waals surface area contributed by atoms with Crippen LogP contribution in [0.1, 0.15) is 6.92 Å². The van der Waals surface area contributed by atoms with Crippen LogP contribution >= 0.6 is 11.6 Å². The zero-order valence-electron chi connectivity index (χ0n) is 9.89. The molecule has 4 nitrogen and oxygen atoms in total. The molecule has 0 aromatic heterocycles. The van der Waals surface area contributed by atoms with Crippen molar-refractivity contribution in [1.29, 1.82) is 0 Å². The molecule has 0 spiro atoms. The van der Waals surface area contributed by atoms with Crippen molar-refractivity contribution in [2.24, 2.45) is 0 Å². The first kappa shape index (κ1) is 13.8. The Balaban J connectivity index is 2.45. The van der Waals surface area contributed by atoms with E-state index in [1.807, 2.05) is 0 Å². The zero-order valence-corrected chi connectivity index (χ0v) is 10.6. The van der Waals surface area contributed by atoms with Gasteiger partial charge in [0.25, 0.3) is 5.91 Å². The molecular weight excluding hydrogens is 242 g/mol. The van der Waals surface area contributed by atoms with Gasteiger partial charge in [-0.05, 0) is 31.2 Å². The molecule has 0 saturated carbocycles. The first-order valence-electron chi connectivity index (χ1n) is 5.29. The number of ether oxygens (including phenoxy) is 1. The van der Waals surface area contributed by atoms with Gasteiger partial charge in [0.05, 0.1) is 12.6 Å². The van der Waals surface area contributed by atoms with E-state index < -0.39 is 0 Å². The molecule has 1 aromatic rings. The summed E-state index contributed by atoms with van der Waals surface area (Å²) in [5.41, 5.74) is 0. The Bertz CT molecular complexity index is 367. The molecule has 0 radical (unpaired) electrons. The highest BCUT2D eigenvalue weighted by atomic mass is 35.5. The SMILES string of the molecule is CC(CO)N(C)C(=O)COc1ccc(Cl)cc1. The van der Waals surface area contributed by atoms with Crippen molar-refractivity contribution in [1.82, 2.24) is 4.90 Å². The molecule has 1 N–H and O–H groups in total. The molecule has 0 aliphatic rings. The molecule has 1 atom stereocenters. The topological polar surface area (TPSA) is 49.8 Å². The average Bonchev–Trinajstić information content (AvgIpc) is 2.35. The summed E-state index contributed by atoms with van der Waals surface area (Å²) >= 11 is 5.73. The van der Waals surface area contributed by atoms with Crippen LogP contribution in [0.4, 0.5) is 0 Å². The number of aliphatic hydroxyl groups is 1. The Kier molecular flexibility index (Phi) is 5.25. The Morgan fingerprint density at radius 1 is 1.47 bits per heavy atom. The van der Waals surface area contributed by atoms with Crippen molar-refractivity contribution in [3.8, 4) is 5.75 Å². The molecule has 0 heterocycles. The monoisotopic (exact) mass is 257 g/mol. The van der Waals surface area contributed by atoms with Crippen LogP contribution in [0.5, 0.6) is 5.75 Å². The lowest BCUT2D eigenvalue weighted by molar-refractivity contribution is -0.134. The molecule has 94 valence electrons. The van der Waals surface area contributed by atoms with Gasteiger partial charge in [-0.3, -0.25) is 4.79 Å². The van der Waals surface area contributed by atoms with Crippen LogP contribution in [0.25, 0.3) is 0 Å². The highest BCUT2D eigenvalue weighted by Gasteiger charge is 2.15. The summed E-state index contributed by atoms with van der Waals surface area (Å²) in [6, 6.07) is 6.58. The minimum atomic E-state index is -0.212. The van der Waals surface area contributed by atoms with Gasteiger partial charge in [0, 0.05) is 12.1 Å². The lowest BCUT2D eigenvalue weighted by atomic mass is 10.3. The molecule has 1 aromatic carbocycles. The van der Waals surface area contributed by atoms with Crippen LogP contribution in [0.15, 0.2) is 24.3 Å². The minimum Gasteiger partial charge on any atom is -0.484 e. The normalized spacial score (nSPS) is 12.0. The summed E-state index contributed by atoms with van der Waals surface area (Å²) in [5.74, 6) is 0.411. The Labute approximate surface area is 106 Å². The number of carbonyl (C=O) groups is 1. The largest absolute Gasteiger partial charge is 0.484 e. The quantitative estimate of drug-likeness (QED) is 0.871. The fraction of sp³-hybridized carbons (Fsp3) is 0.417. The smallest absolute Gasteiger partial charge is 0.260 e. The number of benzene rings is 1. The van der Waals surface area contributed by atoms with Crippen LogP contribution in [0, 0.1) is 0 Å². The van der Waals surface area contributed by atoms with Gasteiger partial charge in [0.1, 0.15) is 5.75 Å². The predicted molar refractivity (Wildman–Crippen MR) is 66.3 cm³/mol. The van der Waals surface area contributed by atoms with Crippen molar-refractivity contribution < 1.29 is 14.6 Å². The lowest BCUT2D eigenvalue weighted by Gasteiger charge is -2.23. The Morgan fingerprint density at radius 3 is 2.59 bits per heavy atom. The third-order valence-corrected chi connectivity index (χ3v) is 2.75. The summed E-state index contributed by atoms with van der Waals surface area (Å²) in [4.78, 5) is 13.1. The summed E-state index contributed by atoms with van der Waals surface area (Å²) in [6.45, 7) is 1.64. The second-order valence-electron chi connectivity index (χ2n) is 3.78. The maximum atomic E-state index is 11.6. The highest BCUT2D eigenvalue weighted by Crippen LogP contribution is 2.15. The van der Waals surface area contributed by atoms with Crippen LogP contribution in [-0.4, -0.2) is 42.2 Å². The molecule has 0 aliphatic heterocycles. The molecule has 5 heteroatoms. The van der Waals surface area contributed by atoms with Gasteiger partial charge < -0.3 is 14.7 Å². The van der Waals surface area contributed by atoms with Crippen LogP contribution in [0.2, 0.25) is 5.02 Å². The Morgan fingerprint density at radius 2 is 2.06 bits per heavy atom. The van der Waals surface area contributed by atoms with E-state index in [-0.39, 0.29) is 25.2 Å². The molecule has 0 bridgehead atoms. The molecule has 1 rings (SSSR count). The third kappa shape index (κ3) is 4.24. The van der Waals surface area contributed by atoms with E-state index in [0.29, 0.717) is 10.8 Å². The second-order valence-corrected chi connectivity index (χ2v) is 4.22. The molecular formula is C12H16ClNO3. The summed E-state index contributed by atoms with van der Waals surface area (Å²) in [6.07, 6.45) is 0. The van der Waals surface area contributed by atoms with Crippen LogP contribution in [-0.2, 0) is 4.79 Å². The zero-order chi connectivity index (χ0) is 12.8. The first-order chi connectivity index (χ1) is 8.04. The number of hydrogen-bond donors (Lipinski definition) is 1. The van der Waals surface area contributed by atoms with Crippen molar-refractivity contribution in [3.63, 3.8) is 0 Å². The summed E-state index contributed by atoms with van der Waals surface area (Å²) in [5, 5.41) is 9.54. The molecule has 1 unspecified atom stereocenters. The number of hydrogen-bond acceptors (Lipinski definition) is 3. The Hall–Kier alpha value is -1.26. The van der Waals surface area contributed by atoms with Crippen molar-refractivity contribution in [3.05, 3.63) is 29.3 Å². The number of amides is 1. The van der Waals surface area contributed by atoms with E-state index in [2.05, 4.69) is 0 Å². The lowest BCUT2D eigenvalue weighted by Crippen LogP contribution is -2.40. The molecule has 1 amide bonds. The van der Waals surface area contributed by atoms with E-state index in [1.54, 1.807) is 38.2 Å². The minimum absolute atomic E-state index is 0.0531. The van der Waals surface area contributed by atoms with E-state index >= 15 is 0 Å². The van der Waals surface area contributed by atoms with E-state index in [4.69, 9.17) is 21.4 Å². The number of halogens is 1. The highest BCUT2D eigenvalue weighted by molar-refractivity contribution is 6.30. The van der Waals surface area contributed by atoms with Gasteiger partial charge in [-0.2, -0.15) is 0 Å². The van der Waals surface area contributed by atoms with Gasteiger partial charge in [-0.15, -0.1) is 0 Å².